The first kappa shape index (κ1) is 16.3. The van der Waals surface area contributed by atoms with Crippen LogP contribution in [0.2, 0.25) is 0 Å². The second kappa shape index (κ2) is 7.26. The predicted octanol–water partition coefficient (Wildman–Crippen LogP) is 0.925. The zero-order valence-electron chi connectivity index (χ0n) is 13.0. The maximum atomic E-state index is 12.2. The van der Waals surface area contributed by atoms with Crippen LogP contribution in [-0.4, -0.2) is 55.2 Å². The fourth-order valence-electron chi connectivity index (χ4n) is 2.64. The topological polar surface area (TPSA) is 78.9 Å². The molecule has 22 heavy (non-hydrogen) atoms. The molecule has 1 aromatic carbocycles. The minimum absolute atomic E-state index is 0.108. The summed E-state index contributed by atoms with van der Waals surface area (Å²) in [6, 6.07) is 4.65. The first-order valence-electron chi connectivity index (χ1n) is 7.35. The average Bonchev–Trinajstić information content (AvgIpc) is 2.83. The summed E-state index contributed by atoms with van der Waals surface area (Å²) in [5, 5.41) is 12.2. The molecule has 1 aliphatic heterocycles. The fraction of sp³-hybridized carbons (Fsp3) is 0.500. The van der Waals surface area contributed by atoms with Crippen LogP contribution in [-0.2, 0) is 9.53 Å². The van der Waals surface area contributed by atoms with Gasteiger partial charge in [-0.05, 0) is 30.7 Å². The number of ether oxygens (including phenoxy) is 1. The molecule has 0 aliphatic carbocycles. The van der Waals surface area contributed by atoms with Gasteiger partial charge in [-0.2, -0.15) is 0 Å². The molecular weight excluding hydrogens is 284 g/mol. The van der Waals surface area contributed by atoms with Crippen LogP contribution in [0.25, 0.3) is 0 Å². The smallest absolute Gasteiger partial charge is 0.251 e. The van der Waals surface area contributed by atoms with Crippen LogP contribution in [0.1, 0.15) is 22.3 Å². The van der Waals surface area contributed by atoms with Crippen molar-refractivity contribution >= 4 is 11.8 Å². The highest BCUT2D eigenvalue weighted by atomic mass is 16.5. The van der Waals surface area contributed by atoms with Crippen LogP contribution in [0.15, 0.2) is 18.2 Å². The molecular formula is C16H22N2O4. The molecule has 1 atom stereocenters. The maximum absolute atomic E-state index is 12.2. The highest BCUT2D eigenvalue weighted by Crippen LogP contribution is 2.18. The Morgan fingerprint density at radius 3 is 2.95 bits per heavy atom. The van der Waals surface area contributed by atoms with Gasteiger partial charge in [0.15, 0.2) is 0 Å². The molecule has 2 N–H and O–H groups in total. The molecule has 0 aromatic heterocycles. The Labute approximate surface area is 130 Å². The number of methoxy groups -OCH3 is 1. The molecule has 1 heterocycles. The number of carbonyl (C=O) groups is 2. The van der Waals surface area contributed by atoms with E-state index in [1.165, 1.54) is 6.07 Å². The lowest BCUT2D eigenvalue weighted by atomic mass is 10.1. The zero-order valence-corrected chi connectivity index (χ0v) is 13.0. The lowest BCUT2D eigenvalue weighted by Crippen LogP contribution is -2.32. The van der Waals surface area contributed by atoms with E-state index in [9.17, 15) is 14.7 Å². The number of hydrogen-bond donors (Lipinski definition) is 2. The predicted molar refractivity (Wildman–Crippen MR) is 81.7 cm³/mol. The molecule has 1 aliphatic rings. The number of carbonyl (C=O) groups excluding carboxylic acids is 2. The minimum atomic E-state index is -0.180. The van der Waals surface area contributed by atoms with E-state index in [4.69, 9.17) is 4.74 Å². The molecule has 1 fully saturated rings. The number of likely N-dealkylation sites (tertiary alicyclic amines) is 1. The van der Waals surface area contributed by atoms with E-state index < -0.39 is 0 Å². The summed E-state index contributed by atoms with van der Waals surface area (Å²) >= 11 is 0. The number of rotatable bonds is 6. The van der Waals surface area contributed by atoms with Crippen molar-refractivity contribution in [1.82, 2.24) is 10.2 Å². The molecule has 0 radical (unpaired) electrons. The molecule has 6 nitrogen and oxygen atoms in total. The van der Waals surface area contributed by atoms with Crippen molar-refractivity contribution in [1.29, 1.82) is 0 Å². The van der Waals surface area contributed by atoms with Gasteiger partial charge in [0.1, 0.15) is 5.75 Å². The first-order valence-corrected chi connectivity index (χ1v) is 7.35. The van der Waals surface area contributed by atoms with Gasteiger partial charge in [0.25, 0.3) is 5.91 Å². The summed E-state index contributed by atoms with van der Waals surface area (Å²) in [6.07, 6.45) is 0.457. The standard InChI is InChI=1S/C16H22N2O4/c1-11-7-13(19)3-4-14(11)16(21)17-9-12-8-15(20)18(10-12)5-6-22-2/h3-4,7,12,19H,5-6,8-10H2,1-2H3,(H,17,21)/t12-/m0/s1. The molecule has 0 saturated carbocycles. The number of phenolic OH excluding ortho intramolecular Hbond substituents is 1. The number of phenols is 1. The SMILES string of the molecule is COCCN1C[C@H](CNC(=O)c2ccc(O)cc2C)CC1=O. The van der Waals surface area contributed by atoms with E-state index in [2.05, 4.69) is 5.32 Å². The third-order valence-corrected chi connectivity index (χ3v) is 3.87. The quantitative estimate of drug-likeness (QED) is 0.819. The van der Waals surface area contributed by atoms with Gasteiger partial charge in [-0.25, -0.2) is 0 Å². The Hall–Kier alpha value is -2.08. The third-order valence-electron chi connectivity index (χ3n) is 3.87. The Kier molecular flexibility index (Phi) is 5.38. The van der Waals surface area contributed by atoms with Gasteiger partial charge in [0.2, 0.25) is 5.91 Å². The monoisotopic (exact) mass is 306 g/mol. The normalized spacial score (nSPS) is 17.8. The summed E-state index contributed by atoms with van der Waals surface area (Å²) in [4.78, 5) is 25.8. The van der Waals surface area contributed by atoms with Gasteiger partial charge in [-0.15, -0.1) is 0 Å². The largest absolute Gasteiger partial charge is 0.508 e. The third kappa shape index (κ3) is 3.98. The van der Waals surface area contributed by atoms with Crippen LogP contribution < -0.4 is 5.32 Å². The van der Waals surface area contributed by atoms with Crippen molar-refractivity contribution in [2.45, 2.75) is 13.3 Å². The van der Waals surface area contributed by atoms with Gasteiger partial charge in [0, 0.05) is 44.6 Å². The number of hydrogen-bond acceptors (Lipinski definition) is 4. The molecule has 1 saturated heterocycles. The van der Waals surface area contributed by atoms with Gasteiger partial charge in [0.05, 0.1) is 6.61 Å². The van der Waals surface area contributed by atoms with Crippen LogP contribution in [0.3, 0.4) is 0 Å². The van der Waals surface area contributed by atoms with Crippen molar-refractivity contribution < 1.29 is 19.4 Å². The van der Waals surface area contributed by atoms with Crippen LogP contribution in [0, 0.1) is 12.8 Å². The molecule has 6 heteroatoms. The van der Waals surface area contributed by atoms with Gasteiger partial charge < -0.3 is 20.1 Å². The molecule has 1 aromatic rings. The van der Waals surface area contributed by atoms with E-state index in [0.29, 0.717) is 38.2 Å². The average molecular weight is 306 g/mol. The van der Waals surface area contributed by atoms with E-state index in [1.54, 1.807) is 31.1 Å². The molecule has 0 spiro atoms. The summed E-state index contributed by atoms with van der Waals surface area (Å²) < 4.78 is 4.98. The maximum Gasteiger partial charge on any atom is 0.251 e. The van der Waals surface area contributed by atoms with Crippen molar-refractivity contribution in [3.05, 3.63) is 29.3 Å². The zero-order chi connectivity index (χ0) is 16.1. The van der Waals surface area contributed by atoms with Crippen molar-refractivity contribution in [3.63, 3.8) is 0 Å². The lowest BCUT2D eigenvalue weighted by Gasteiger charge is -2.16. The summed E-state index contributed by atoms with van der Waals surface area (Å²) in [5.41, 5.74) is 1.26. The summed E-state index contributed by atoms with van der Waals surface area (Å²) in [6.45, 7) is 4.01. The van der Waals surface area contributed by atoms with Gasteiger partial charge in [-0.3, -0.25) is 9.59 Å². The number of aryl methyl sites for hydroxylation is 1. The van der Waals surface area contributed by atoms with E-state index >= 15 is 0 Å². The Balaban J connectivity index is 1.85. The minimum Gasteiger partial charge on any atom is -0.508 e. The van der Waals surface area contributed by atoms with E-state index in [1.807, 2.05) is 0 Å². The number of nitrogens with zero attached hydrogens (tertiary/aromatic N) is 1. The van der Waals surface area contributed by atoms with Crippen molar-refractivity contribution in [2.75, 3.05) is 33.4 Å². The Bertz CT molecular complexity index is 559. The van der Waals surface area contributed by atoms with Crippen molar-refractivity contribution in [2.24, 2.45) is 5.92 Å². The molecule has 2 amide bonds. The molecule has 0 bridgehead atoms. The fourth-order valence-corrected chi connectivity index (χ4v) is 2.64. The van der Waals surface area contributed by atoms with Crippen LogP contribution in [0.5, 0.6) is 5.75 Å². The highest BCUT2D eigenvalue weighted by Gasteiger charge is 2.29. The lowest BCUT2D eigenvalue weighted by molar-refractivity contribution is -0.128. The van der Waals surface area contributed by atoms with Gasteiger partial charge in [-0.1, -0.05) is 0 Å². The highest BCUT2D eigenvalue weighted by molar-refractivity contribution is 5.95. The Morgan fingerprint density at radius 1 is 1.50 bits per heavy atom. The number of nitrogens with one attached hydrogen (secondary N) is 1. The molecule has 120 valence electrons. The summed E-state index contributed by atoms with van der Waals surface area (Å²) in [5.74, 6) is 0.201. The Morgan fingerprint density at radius 2 is 2.27 bits per heavy atom. The first-order chi connectivity index (χ1) is 10.5. The van der Waals surface area contributed by atoms with Crippen molar-refractivity contribution in [3.8, 4) is 5.75 Å². The molecule has 2 rings (SSSR count). The van der Waals surface area contributed by atoms with E-state index in [0.717, 1.165) is 5.56 Å². The number of amides is 2. The number of benzene rings is 1. The van der Waals surface area contributed by atoms with E-state index in [-0.39, 0.29) is 23.5 Å². The molecule has 0 unspecified atom stereocenters. The second-order valence-corrected chi connectivity index (χ2v) is 5.61. The second-order valence-electron chi connectivity index (χ2n) is 5.61. The van der Waals surface area contributed by atoms with Crippen LogP contribution in [0.4, 0.5) is 0 Å². The van der Waals surface area contributed by atoms with Crippen LogP contribution >= 0.6 is 0 Å². The number of aromatic hydroxyl groups is 1. The summed E-state index contributed by atoms with van der Waals surface area (Å²) in [7, 11) is 1.61. The van der Waals surface area contributed by atoms with Gasteiger partial charge >= 0.3 is 0 Å².